The monoisotopic (exact) mass is 487 g/mol. The summed E-state index contributed by atoms with van der Waals surface area (Å²) in [5.41, 5.74) is 5.86. The number of hydrogen-bond donors (Lipinski definition) is 0. The number of pyridine rings is 1. The number of amides is 1. The van der Waals surface area contributed by atoms with E-state index >= 15 is 0 Å². The van der Waals surface area contributed by atoms with Crippen LogP contribution in [-0.4, -0.2) is 54.6 Å². The molecule has 3 aromatic rings. The third-order valence-corrected chi connectivity index (χ3v) is 7.56. The van der Waals surface area contributed by atoms with E-state index in [1.807, 2.05) is 23.1 Å². The minimum Gasteiger partial charge on any atom is -0.495 e. The van der Waals surface area contributed by atoms with Gasteiger partial charge in [-0.3, -0.25) is 14.7 Å². The molecule has 1 amide bonds. The molecule has 1 unspecified atom stereocenters. The molecule has 0 aliphatic carbocycles. The standard InChI is InChI=1S/C29H33N3O4/c1-19-24-15-27(35-3)26(34-2)14-21(24)10-12-32(19)29(33)25-13-20-7-5-6-8-22(20)17-31(25)18-23-9-11-30-16-28(23)36-4/h5-9,11,14-16,19,25H,10,12-13,17-18H2,1-4H3/t19-,25?/m1/s1. The van der Waals surface area contributed by atoms with E-state index in [4.69, 9.17) is 14.2 Å². The SMILES string of the molecule is COc1cnccc1CN1Cc2ccccc2CC1C(=O)N1CCc2cc(OC)c(OC)cc2[C@H]1C. The number of fused-ring (bicyclic) bond motifs is 2. The minimum absolute atomic E-state index is 0.0597. The number of ether oxygens (including phenoxy) is 3. The third kappa shape index (κ3) is 4.39. The highest BCUT2D eigenvalue weighted by molar-refractivity contribution is 5.83. The van der Waals surface area contributed by atoms with Crippen LogP contribution in [0.2, 0.25) is 0 Å². The highest BCUT2D eigenvalue weighted by atomic mass is 16.5. The summed E-state index contributed by atoms with van der Waals surface area (Å²) in [6.07, 6.45) is 4.98. The van der Waals surface area contributed by atoms with Crippen LogP contribution in [0, 0.1) is 0 Å². The van der Waals surface area contributed by atoms with Crippen LogP contribution in [0.1, 0.15) is 40.8 Å². The van der Waals surface area contributed by atoms with Crippen LogP contribution < -0.4 is 14.2 Å². The van der Waals surface area contributed by atoms with Crippen molar-refractivity contribution in [3.8, 4) is 17.2 Å². The zero-order valence-corrected chi connectivity index (χ0v) is 21.4. The topological polar surface area (TPSA) is 64.1 Å². The molecule has 3 heterocycles. The molecule has 2 atom stereocenters. The molecule has 5 rings (SSSR count). The van der Waals surface area contributed by atoms with Gasteiger partial charge in [-0.2, -0.15) is 0 Å². The van der Waals surface area contributed by atoms with E-state index < -0.39 is 0 Å². The van der Waals surface area contributed by atoms with Crippen LogP contribution in [0.4, 0.5) is 0 Å². The molecule has 1 aromatic heterocycles. The predicted octanol–water partition coefficient (Wildman–Crippen LogP) is 4.18. The van der Waals surface area contributed by atoms with Gasteiger partial charge in [-0.05, 0) is 60.2 Å². The Kier molecular flexibility index (Phi) is 6.83. The Balaban J connectivity index is 1.46. The van der Waals surface area contributed by atoms with E-state index in [0.29, 0.717) is 31.8 Å². The van der Waals surface area contributed by atoms with Gasteiger partial charge in [0.25, 0.3) is 0 Å². The van der Waals surface area contributed by atoms with Gasteiger partial charge < -0.3 is 19.1 Å². The lowest BCUT2D eigenvalue weighted by Gasteiger charge is -2.42. The maximum absolute atomic E-state index is 14.2. The first-order valence-corrected chi connectivity index (χ1v) is 12.4. The van der Waals surface area contributed by atoms with Gasteiger partial charge >= 0.3 is 0 Å². The van der Waals surface area contributed by atoms with Crippen molar-refractivity contribution in [2.45, 2.75) is 44.9 Å². The number of carbonyl (C=O) groups excluding carboxylic acids is 1. The number of aromatic nitrogens is 1. The second-order valence-electron chi connectivity index (χ2n) is 9.44. The number of methoxy groups -OCH3 is 3. The Hall–Kier alpha value is -3.58. The largest absolute Gasteiger partial charge is 0.495 e. The first kappa shape index (κ1) is 24.1. The molecule has 0 spiro atoms. The summed E-state index contributed by atoms with van der Waals surface area (Å²) in [5.74, 6) is 2.31. The zero-order chi connectivity index (χ0) is 25.2. The number of carbonyl (C=O) groups is 1. The lowest BCUT2D eigenvalue weighted by Crippen LogP contribution is -2.53. The van der Waals surface area contributed by atoms with Crippen LogP contribution >= 0.6 is 0 Å². The molecule has 188 valence electrons. The molecule has 7 nitrogen and oxygen atoms in total. The smallest absolute Gasteiger partial charge is 0.240 e. The Morgan fingerprint density at radius 3 is 2.44 bits per heavy atom. The molecule has 0 N–H and O–H groups in total. The van der Waals surface area contributed by atoms with E-state index in [0.717, 1.165) is 29.0 Å². The quantitative estimate of drug-likeness (QED) is 0.520. The fourth-order valence-electron chi connectivity index (χ4n) is 5.57. The second-order valence-corrected chi connectivity index (χ2v) is 9.44. The van der Waals surface area contributed by atoms with Crippen LogP contribution in [0.15, 0.2) is 54.9 Å². The van der Waals surface area contributed by atoms with Gasteiger partial charge in [-0.25, -0.2) is 0 Å². The second kappa shape index (κ2) is 10.2. The number of hydrogen-bond acceptors (Lipinski definition) is 6. The van der Waals surface area contributed by atoms with Crippen LogP contribution in [0.25, 0.3) is 0 Å². The van der Waals surface area contributed by atoms with Gasteiger partial charge in [0.05, 0.1) is 39.6 Å². The van der Waals surface area contributed by atoms with Gasteiger partial charge in [0.15, 0.2) is 11.5 Å². The Bertz CT molecular complexity index is 1260. The fourth-order valence-corrected chi connectivity index (χ4v) is 5.57. The van der Waals surface area contributed by atoms with Crippen molar-refractivity contribution in [1.29, 1.82) is 0 Å². The van der Waals surface area contributed by atoms with Crippen molar-refractivity contribution in [2.24, 2.45) is 0 Å². The minimum atomic E-state index is -0.262. The summed E-state index contributed by atoms with van der Waals surface area (Å²) in [5, 5.41) is 0. The first-order chi connectivity index (χ1) is 17.5. The van der Waals surface area contributed by atoms with E-state index in [-0.39, 0.29) is 18.0 Å². The van der Waals surface area contributed by atoms with Crippen molar-refractivity contribution in [3.05, 3.63) is 82.7 Å². The Morgan fingerprint density at radius 1 is 0.972 bits per heavy atom. The Labute approximate surface area is 212 Å². The maximum Gasteiger partial charge on any atom is 0.240 e. The Morgan fingerprint density at radius 2 is 1.69 bits per heavy atom. The average molecular weight is 488 g/mol. The lowest BCUT2D eigenvalue weighted by molar-refractivity contribution is -0.140. The molecule has 0 radical (unpaired) electrons. The molecular formula is C29H33N3O4. The predicted molar refractivity (Wildman–Crippen MR) is 137 cm³/mol. The highest BCUT2D eigenvalue weighted by Crippen LogP contribution is 2.39. The molecular weight excluding hydrogens is 454 g/mol. The van der Waals surface area contributed by atoms with Crippen molar-refractivity contribution in [1.82, 2.24) is 14.8 Å². The van der Waals surface area contributed by atoms with Gasteiger partial charge in [0.1, 0.15) is 5.75 Å². The van der Waals surface area contributed by atoms with E-state index in [2.05, 4.69) is 41.1 Å². The number of benzene rings is 2. The van der Waals surface area contributed by atoms with Crippen molar-refractivity contribution in [2.75, 3.05) is 27.9 Å². The number of rotatable bonds is 6. The molecule has 36 heavy (non-hydrogen) atoms. The van der Waals surface area contributed by atoms with Crippen molar-refractivity contribution >= 4 is 5.91 Å². The van der Waals surface area contributed by atoms with Gasteiger partial charge in [-0.1, -0.05) is 24.3 Å². The summed E-state index contributed by atoms with van der Waals surface area (Å²) >= 11 is 0. The van der Waals surface area contributed by atoms with Crippen molar-refractivity contribution in [3.63, 3.8) is 0 Å². The maximum atomic E-state index is 14.2. The molecule has 0 saturated carbocycles. The van der Waals surface area contributed by atoms with Crippen LogP contribution in [0.3, 0.4) is 0 Å². The molecule has 2 aliphatic heterocycles. The van der Waals surface area contributed by atoms with Gasteiger partial charge in [0, 0.05) is 31.4 Å². The van der Waals surface area contributed by atoms with Gasteiger partial charge in [-0.15, -0.1) is 0 Å². The molecule has 0 saturated heterocycles. The summed E-state index contributed by atoms with van der Waals surface area (Å²) in [6, 6.07) is 14.1. The third-order valence-electron chi connectivity index (χ3n) is 7.56. The molecule has 7 heteroatoms. The average Bonchev–Trinajstić information content (AvgIpc) is 2.92. The normalized spacial score (nSPS) is 19.3. The lowest BCUT2D eigenvalue weighted by atomic mass is 9.89. The summed E-state index contributed by atoms with van der Waals surface area (Å²) in [7, 11) is 4.95. The highest BCUT2D eigenvalue weighted by Gasteiger charge is 2.38. The summed E-state index contributed by atoms with van der Waals surface area (Å²) in [4.78, 5) is 22.7. The number of nitrogens with zero attached hydrogens (tertiary/aromatic N) is 3. The van der Waals surface area contributed by atoms with E-state index in [1.165, 1.54) is 16.7 Å². The summed E-state index contributed by atoms with van der Waals surface area (Å²) < 4.78 is 16.6. The van der Waals surface area contributed by atoms with E-state index in [9.17, 15) is 4.79 Å². The molecule has 0 bridgehead atoms. The van der Waals surface area contributed by atoms with E-state index in [1.54, 1.807) is 33.7 Å². The molecule has 0 fully saturated rings. The van der Waals surface area contributed by atoms with Crippen LogP contribution in [0.5, 0.6) is 17.2 Å². The first-order valence-electron chi connectivity index (χ1n) is 12.4. The van der Waals surface area contributed by atoms with Crippen LogP contribution in [-0.2, 0) is 30.7 Å². The van der Waals surface area contributed by atoms with Gasteiger partial charge in [0.2, 0.25) is 5.91 Å². The fraction of sp³-hybridized carbons (Fsp3) is 0.379. The summed E-state index contributed by atoms with van der Waals surface area (Å²) in [6.45, 7) is 4.10. The zero-order valence-electron chi connectivity index (χ0n) is 21.4. The molecule has 2 aliphatic rings. The molecule has 2 aromatic carbocycles. The van der Waals surface area contributed by atoms with Crippen molar-refractivity contribution < 1.29 is 19.0 Å².